The third kappa shape index (κ3) is 4.70. The summed E-state index contributed by atoms with van der Waals surface area (Å²) in [5, 5.41) is 0. The van der Waals surface area contributed by atoms with Crippen LogP contribution in [-0.4, -0.2) is 58.4 Å². The lowest BCUT2D eigenvalue weighted by Crippen LogP contribution is -2.40. The van der Waals surface area contributed by atoms with Gasteiger partial charge in [0.2, 0.25) is 5.91 Å². The maximum absolute atomic E-state index is 12.6. The van der Waals surface area contributed by atoms with Crippen LogP contribution in [-0.2, 0) is 4.79 Å². The van der Waals surface area contributed by atoms with Gasteiger partial charge < -0.3 is 9.80 Å². The summed E-state index contributed by atoms with van der Waals surface area (Å²) in [6.07, 6.45) is 7.85. The van der Waals surface area contributed by atoms with E-state index in [1.54, 1.807) is 11.8 Å². The average Bonchev–Trinajstić information content (AvgIpc) is 3.13. The Morgan fingerprint density at radius 2 is 2.00 bits per heavy atom. The van der Waals surface area contributed by atoms with Crippen LogP contribution in [0.3, 0.4) is 0 Å². The Balaban J connectivity index is 1.48. The molecule has 0 saturated carbocycles. The molecule has 0 N–H and O–H groups in total. The summed E-state index contributed by atoms with van der Waals surface area (Å²) in [5.74, 6) is 1.96. The zero-order chi connectivity index (χ0) is 15.9. The predicted molar refractivity (Wildman–Crippen MR) is 95.5 cm³/mol. The first-order valence-corrected chi connectivity index (χ1v) is 10.0. The van der Waals surface area contributed by atoms with E-state index < -0.39 is 0 Å². The highest BCUT2D eigenvalue weighted by molar-refractivity contribution is 7.99. The van der Waals surface area contributed by atoms with E-state index in [1.807, 2.05) is 18.3 Å². The average molecular weight is 334 g/mol. The molecule has 2 aliphatic heterocycles. The molecule has 2 aliphatic rings. The zero-order valence-corrected chi connectivity index (χ0v) is 14.6. The molecule has 126 valence electrons. The summed E-state index contributed by atoms with van der Waals surface area (Å²) in [6, 6.07) is 6.19. The van der Waals surface area contributed by atoms with Gasteiger partial charge in [0.25, 0.3) is 0 Å². The third-order valence-electron chi connectivity index (χ3n) is 4.83. The molecule has 1 aromatic rings. The maximum atomic E-state index is 12.6. The van der Waals surface area contributed by atoms with Crippen molar-refractivity contribution < 1.29 is 4.79 Å². The maximum Gasteiger partial charge on any atom is 0.233 e. The Kier molecular flexibility index (Phi) is 6.34. The van der Waals surface area contributed by atoms with Crippen LogP contribution in [0.15, 0.2) is 24.4 Å². The van der Waals surface area contributed by atoms with Crippen LogP contribution in [0.2, 0.25) is 0 Å². The van der Waals surface area contributed by atoms with Crippen molar-refractivity contribution in [2.75, 3.05) is 37.7 Å². The molecule has 0 aliphatic carbocycles. The van der Waals surface area contributed by atoms with E-state index in [0.29, 0.717) is 5.75 Å². The SMILES string of the molecule is O=C(CSCCN1CCCC1)N1CCCC[C@H]1c1ccccn1. The van der Waals surface area contributed by atoms with Crippen molar-refractivity contribution >= 4 is 17.7 Å². The Morgan fingerprint density at radius 1 is 1.17 bits per heavy atom. The molecular formula is C18H27N3OS. The normalized spacial score (nSPS) is 22.4. The van der Waals surface area contributed by atoms with Gasteiger partial charge in [0.1, 0.15) is 0 Å². The molecule has 3 rings (SSSR count). The standard InChI is InChI=1S/C18H27N3OS/c22-18(15-23-14-13-20-10-5-6-11-20)21-12-4-2-8-17(21)16-7-1-3-9-19-16/h1,3,7,9,17H,2,4-6,8,10-15H2/t17-/m0/s1. The highest BCUT2D eigenvalue weighted by Gasteiger charge is 2.28. The molecule has 1 atom stereocenters. The number of thioether (sulfide) groups is 1. The van der Waals surface area contributed by atoms with Gasteiger partial charge in [-0.3, -0.25) is 9.78 Å². The minimum absolute atomic E-state index is 0.177. The topological polar surface area (TPSA) is 36.4 Å². The minimum atomic E-state index is 0.177. The highest BCUT2D eigenvalue weighted by atomic mass is 32.2. The summed E-state index contributed by atoms with van der Waals surface area (Å²) >= 11 is 1.79. The number of hydrogen-bond acceptors (Lipinski definition) is 4. The van der Waals surface area contributed by atoms with Gasteiger partial charge in [-0.1, -0.05) is 6.07 Å². The first-order valence-electron chi connectivity index (χ1n) is 8.85. The van der Waals surface area contributed by atoms with Crippen LogP contribution in [0.4, 0.5) is 0 Å². The summed E-state index contributed by atoms with van der Waals surface area (Å²) in [7, 11) is 0. The van der Waals surface area contributed by atoms with Gasteiger partial charge in [-0.05, 0) is 57.3 Å². The largest absolute Gasteiger partial charge is 0.333 e. The fourth-order valence-corrected chi connectivity index (χ4v) is 4.42. The van der Waals surface area contributed by atoms with E-state index in [0.717, 1.165) is 37.4 Å². The van der Waals surface area contributed by atoms with Gasteiger partial charge in [0, 0.05) is 25.0 Å². The first-order chi connectivity index (χ1) is 11.3. The number of rotatable bonds is 6. The summed E-state index contributed by atoms with van der Waals surface area (Å²) < 4.78 is 0. The van der Waals surface area contributed by atoms with Gasteiger partial charge in [0.15, 0.2) is 0 Å². The summed E-state index contributed by atoms with van der Waals surface area (Å²) in [5.41, 5.74) is 1.04. The van der Waals surface area contributed by atoms with Crippen molar-refractivity contribution in [3.8, 4) is 0 Å². The van der Waals surface area contributed by atoms with Gasteiger partial charge in [-0.25, -0.2) is 0 Å². The third-order valence-corrected chi connectivity index (χ3v) is 5.75. The van der Waals surface area contributed by atoms with Gasteiger partial charge in [0.05, 0.1) is 17.5 Å². The van der Waals surface area contributed by atoms with Gasteiger partial charge in [-0.2, -0.15) is 11.8 Å². The molecule has 23 heavy (non-hydrogen) atoms. The minimum Gasteiger partial charge on any atom is -0.333 e. The molecule has 3 heterocycles. The van der Waals surface area contributed by atoms with Crippen molar-refractivity contribution in [2.24, 2.45) is 0 Å². The quantitative estimate of drug-likeness (QED) is 0.750. The Labute approximate surface area is 143 Å². The number of pyridine rings is 1. The van der Waals surface area contributed by atoms with Crippen molar-refractivity contribution in [1.29, 1.82) is 0 Å². The van der Waals surface area contributed by atoms with Crippen LogP contribution in [0.1, 0.15) is 43.8 Å². The molecule has 4 nitrogen and oxygen atoms in total. The fourth-order valence-electron chi connectivity index (χ4n) is 3.55. The summed E-state index contributed by atoms with van der Waals surface area (Å²) in [4.78, 5) is 21.7. The first kappa shape index (κ1) is 16.8. The van der Waals surface area contributed by atoms with Crippen molar-refractivity contribution in [2.45, 2.75) is 38.1 Å². The molecule has 2 fully saturated rings. The number of piperidine rings is 1. The second-order valence-electron chi connectivity index (χ2n) is 6.45. The number of likely N-dealkylation sites (tertiary alicyclic amines) is 2. The number of nitrogens with zero attached hydrogens (tertiary/aromatic N) is 3. The van der Waals surface area contributed by atoms with Crippen LogP contribution in [0.25, 0.3) is 0 Å². The van der Waals surface area contributed by atoms with E-state index in [9.17, 15) is 4.79 Å². The van der Waals surface area contributed by atoms with Gasteiger partial charge in [-0.15, -0.1) is 0 Å². The number of carbonyl (C=O) groups excluding carboxylic acids is 1. The summed E-state index contributed by atoms with van der Waals surface area (Å²) in [6.45, 7) is 4.49. The lowest BCUT2D eigenvalue weighted by atomic mass is 9.99. The molecule has 0 aromatic carbocycles. The molecule has 0 radical (unpaired) electrons. The molecule has 1 amide bonds. The predicted octanol–water partition coefficient (Wildman–Crippen LogP) is 2.96. The zero-order valence-electron chi connectivity index (χ0n) is 13.8. The lowest BCUT2D eigenvalue weighted by Gasteiger charge is -2.35. The molecule has 2 saturated heterocycles. The van der Waals surface area contributed by atoms with E-state index >= 15 is 0 Å². The molecular weight excluding hydrogens is 306 g/mol. The Morgan fingerprint density at radius 3 is 2.78 bits per heavy atom. The molecule has 0 unspecified atom stereocenters. The van der Waals surface area contributed by atoms with Crippen molar-refractivity contribution in [1.82, 2.24) is 14.8 Å². The van der Waals surface area contributed by atoms with E-state index in [1.165, 1.54) is 32.4 Å². The second-order valence-corrected chi connectivity index (χ2v) is 7.56. The monoisotopic (exact) mass is 333 g/mol. The number of hydrogen-bond donors (Lipinski definition) is 0. The highest BCUT2D eigenvalue weighted by Crippen LogP contribution is 2.30. The second kappa shape index (κ2) is 8.69. The number of amides is 1. The molecule has 5 heteroatoms. The fraction of sp³-hybridized carbons (Fsp3) is 0.667. The van der Waals surface area contributed by atoms with Crippen LogP contribution >= 0.6 is 11.8 Å². The Bertz CT molecular complexity index is 490. The smallest absolute Gasteiger partial charge is 0.233 e. The van der Waals surface area contributed by atoms with Crippen LogP contribution in [0.5, 0.6) is 0 Å². The van der Waals surface area contributed by atoms with E-state index in [-0.39, 0.29) is 11.9 Å². The lowest BCUT2D eigenvalue weighted by molar-refractivity contribution is -0.132. The van der Waals surface area contributed by atoms with Crippen molar-refractivity contribution in [3.05, 3.63) is 30.1 Å². The Hall–Kier alpha value is -1.07. The number of aromatic nitrogens is 1. The van der Waals surface area contributed by atoms with E-state index in [4.69, 9.17) is 0 Å². The number of carbonyl (C=O) groups is 1. The van der Waals surface area contributed by atoms with E-state index in [2.05, 4.69) is 20.9 Å². The molecule has 0 bridgehead atoms. The van der Waals surface area contributed by atoms with Crippen LogP contribution in [0, 0.1) is 0 Å². The van der Waals surface area contributed by atoms with Crippen molar-refractivity contribution in [3.63, 3.8) is 0 Å². The molecule has 1 aromatic heterocycles. The van der Waals surface area contributed by atoms with Gasteiger partial charge >= 0.3 is 0 Å². The molecule has 0 spiro atoms. The van der Waals surface area contributed by atoms with Crippen LogP contribution < -0.4 is 0 Å².